The Kier molecular flexibility index (Phi) is 4.70. The quantitative estimate of drug-likeness (QED) is 0.860. The first-order chi connectivity index (χ1) is 10.9. The molecule has 0 saturated carbocycles. The Morgan fingerprint density at radius 3 is 2.57 bits per heavy atom. The van der Waals surface area contributed by atoms with Crippen LogP contribution < -0.4 is 4.72 Å². The molecule has 2 aromatic carbocycles. The van der Waals surface area contributed by atoms with Crippen molar-refractivity contribution < 1.29 is 8.42 Å². The summed E-state index contributed by atoms with van der Waals surface area (Å²) < 4.78 is 27.8. The lowest BCUT2D eigenvalue weighted by Gasteiger charge is -2.16. The maximum Gasteiger partial charge on any atom is 0.242 e. The molecule has 0 unspecified atom stereocenters. The molecule has 1 aliphatic carbocycles. The molecule has 3 rings (SSSR count). The minimum absolute atomic E-state index is 0.000299. The number of halogens is 2. The number of fused-ring (bicyclic) bond motifs is 1. The number of benzene rings is 2. The first kappa shape index (κ1) is 16.8. The third-order valence-electron chi connectivity index (χ3n) is 4.14. The van der Waals surface area contributed by atoms with E-state index in [1.165, 1.54) is 23.3 Å². The lowest BCUT2D eigenvalue weighted by atomic mass is 10.0. The van der Waals surface area contributed by atoms with Gasteiger partial charge in [0.05, 0.1) is 5.02 Å². The first-order valence-corrected chi connectivity index (χ1v) is 9.70. The summed E-state index contributed by atoms with van der Waals surface area (Å²) >= 11 is 11.9. The molecule has 0 fully saturated rings. The van der Waals surface area contributed by atoms with Crippen LogP contribution in [-0.4, -0.2) is 8.42 Å². The smallest absolute Gasteiger partial charge is 0.207 e. The fraction of sp³-hybridized carbons (Fsp3) is 0.294. The molecule has 1 atom stereocenters. The summed E-state index contributed by atoms with van der Waals surface area (Å²) in [6.45, 7) is 1.83. The predicted octanol–water partition coefficient (Wildman–Crippen LogP) is 4.52. The highest BCUT2D eigenvalue weighted by Gasteiger charge is 2.22. The average molecular weight is 370 g/mol. The van der Waals surface area contributed by atoms with Crippen molar-refractivity contribution in [1.82, 2.24) is 4.72 Å². The Morgan fingerprint density at radius 2 is 1.78 bits per heavy atom. The summed E-state index contributed by atoms with van der Waals surface area (Å²) in [5, 5.41) is 0.489. The zero-order valence-electron chi connectivity index (χ0n) is 12.6. The van der Waals surface area contributed by atoms with Gasteiger partial charge >= 0.3 is 0 Å². The molecule has 2 aromatic rings. The second kappa shape index (κ2) is 6.44. The van der Waals surface area contributed by atoms with Crippen molar-refractivity contribution >= 4 is 33.2 Å². The summed E-state index contributed by atoms with van der Waals surface area (Å²) in [5.41, 5.74) is 3.63. The molecule has 0 spiro atoms. The van der Waals surface area contributed by atoms with Crippen LogP contribution in [0.4, 0.5) is 0 Å². The van der Waals surface area contributed by atoms with E-state index in [-0.39, 0.29) is 16.0 Å². The Labute approximate surface area is 146 Å². The standard InChI is InChI=1S/C17H17Cl2NO2S/c1-11(13-6-5-12-3-2-4-14(12)9-13)20-23(21,22)17-10-15(18)7-8-16(17)19/h5-11,20H,2-4H2,1H3/t11-/m0/s1. The van der Waals surface area contributed by atoms with Gasteiger partial charge in [-0.3, -0.25) is 0 Å². The van der Waals surface area contributed by atoms with E-state index in [0.29, 0.717) is 5.02 Å². The van der Waals surface area contributed by atoms with Crippen LogP contribution in [0.3, 0.4) is 0 Å². The molecule has 0 saturated heterocycles. The van der Waals surface area contributed by atoms with E-state index in [4.69, 9.17) is 23.2 Å². The van der Waals surface area contributed by atoms with Crippen molar-refractivity contribution in [3.05, 3.63) is 63.1 Å². The maximum atomic E-state index is 12.6. The summed E-state index contributed by atoms with van der Waals surface area (Å²) in [6.07, 6.45) is 3.33. The monoisotopic (exact) mass is 369 g/mol. The SMILES string of the molecule is C[C@H](NS(=O)(=O)c1cc(Cl)ccc1Cl)c1ccc2c(c1)CCC2. The average Bonchev–Trinajstić information content (AvgIpc) is 2.96. The molecule has 6 heteroatoms. The normalized spacial score (nSPS) is 15.4. The Hall–Kier alpha value is -1.07. The van der Waals surface area contributed by atoms with Crippen molar-refractivity contribution in [1.29, 1.82) is 0 Å². The predicted molar refractivity (Wildman–Crippen MR) is 93.7 cm³/mol. The molecule has 0 bridgehead atoms. The Balaban J connectivity index is 1.86. The van der Waals surface area contributed by atoms with Crippen LogP contribution >= 0.6 is 23.2 Å². The molecule has 0 aliphatic heterocycles. The number of aryl methyl sites for hydroxylation is 2. The van der Waals surface area contributed by atoms with Gasteiger partial charge in [0.15, 0.2) is 0 Å². The maximum absolute atomic E-state index is 12.6. The van der Waals surface area contributed by atoms with E-state index in [1.807, 2.05) is 13.0 Å². The van der Waals surface area contributed by atoms with Gasteiger partial charge in [-0.2, -0.15) is 0 Å². The second-order valence-electron chi connectivity index (χ2n) is 5.80. The van der Waals surface area contributed by atoms with Gasteiger partial charge in [-0.15, -0.1) is 0 Å². The largest absolute Gasteiger partial charge is 0.242 e. The van der Waals surface area contributed by atoms with E-state index in [0.717, 1.165) is 24.8 Å². The summed E-state index contributed by atoms with van der Waals surface area (Å²) in [7, 11) is -3.74. The summed E-state index contributed by atoms with van der Waals surface area (Å²) in [6, 6.07) is 10.2. The number of hydrogen-bond acceptors (Lipinski definition) is 2. The zero-order chi connectivity index (χ0) is 16.6. The van der Waals surface area contributed by atoms with Gasteiger partial charge in [-0.1, -0.05) is 41.4 Å². The van der Waals surface area contributed by atoms with Gasteiger partial charge in [-0.05, 0) is 61.1 Å². The Morgan fingerprint density at radius 1 is 1.04 bits per heavy atom. The molecule has 1 N–H and O–H groups in total. The number of hydrogen-bond donors (Lipinski definition) is 1. The fourth-order valence-electron chi connectivity index (χ4n) is 2.91. The fourth-order valence-corrected chi connectivity index (χ4v) is 4.90. The first-order valence-electron chi connectivity index (χ1n) is 7.46. The van der Waals surface area contributed by atoms with Crippen LogP contribution in [0.5, 0.6) is 0 Å². The van der Waals surface area contributed by atoms with Crippen LogP contribution in [0.15, 0.2) is 41.3 Å². The van der Waals surface area contributed by atoms with Crippen LogP contribution in [0.1, 0.15) is 36.1 Å². The van der Waals surface area contributed by atoms with Crippen molar-refractivity contribution in [2.45, 2.75) is 37.1 Å². The topological polar surface area (TPSA) is 46.2 Å². The third-order valence-corrected chi connectivity index (χ3v) is 6.39. The number of nitrogens with one attached hydrogen (secondary N) is 1. The van der Waals surface area contributed by atoms with Crippen LogP contribution in [0.25, 0.3) is 0 Å². The van der Waals surface area contributed by atoms with Gasteiger partial charge in [0, 0.05) is 11.1 Å². The molecule has 0 radical (unpaired) electrons. The minimum atomic E-state index is -3.74. The van der Waals surface area contributed by atoms with Crippen molar-refractivity contribution in [2.75, 3.05) is 0 Å². The zero-order valence-corrected chi connectivity index (χ0v) is 15.0. The number of sulfonamides is 1. The molecule has 0 heterocycles. The summed E-state index contributed by atoms with van der Waals surface area (Å²) in [4.78, 5) is -0.000299. The van der Waals surface area contributed by atoms with Crippen molar-refractivity contribution in [2.24, 2.45) is 0 Å². The van der Waals surface area contributed by atoms with E-state index in [2.05, 4.69) is 16.9 Å². The second-order valence-corrected chi connectivity index (χ2v) is 8.33. The summed E-state index contributed by atoms with van der Waals surface area (Å²) in [5.74, 6) is 0. The molecule has 1 aliphatic rings. The highest BCUT2D eigenvalue weighted by molar-refractivity contribution is 7.89. The van der Waals surface area contributed by atoms with Crippen molar-refractivity contribution in [3.8, 4) is 0 Å². The van der Waals surface area contributed by atoms with Gasteiger partial charge < -0.3 is 0 Å². The van der Waals surface area contributed by atoms with Gasteiger partial charge in [0.1, 0.15) is 4.90 Å². The number of rotatable bonds is 4. The van der Waals surface area contributed by atoms with Gasteiger partial charge in [0.25, 0.3) is 0 Å². The molecular formula is C17H17Cl2NO2S. The van der Waals surface area contributed by atoms with Gasteiger partial charge in [-0.25, -0.2) is 13.1 Å². The highest BCUT2D eigenvalue weighted by Crippen LogP contribution is 2.28. The van der Waals surface area contributed by atoms with Crippen LogP contribution in [0, 0.1) is 0 Å². The molecule has 0 amide bonds. The van der Waals surface area contributed by atoms with Crippen LogP contribution in [0.2, 0.25) is 10.0 Å². The van der Waals surface area contributed by atoms with Crippen molar-refractivity contribution in [3.63, 3.8) is 0 Å². The highest BCUT2D eigenvalue weighted by atomic mass is 35.5. The van der Waals surface area contributed by atoms with Crippen LogP contribution in [-0.2, 0) is 22.9 Å². The molecule has 3 nitrogen and oxygen atoms in total. The third kappa shape index (κ3) is 3.56. The lowest BCUT2D eigenvalue weighted by molar-refractivity contribution is 0.567. The van der Waals surface area contributed by atoms with E-state index in [9.17, 15) is 8.42 Å². The molecule has 122 valence electrons. The van der Waals surface area contributed by atoms with E-state index < -0.39 is 10.0 Å². The molecule has 0 aromatic heterocycles. The Bertz CT molecular complexity index is 850. The van der Waals surface area contributed by atoms with Gasteiger partial charge in [0.2, 0.25) is 10.0 Å². The molecule has 23 heavy (non-hydrogen) atoms. The molecular weight excluding hydrogens is 353 g/mol. The van der Waals surface area contributed by atoms with E-state index >= 15 is 0 Å². The van der Waals surface area contributed by atoms with E-state index in [1.54, 1.807) is 6.07 Å². The minimum Gasteiger partial charge on any atom is -0.207 e. The lowest BCUT2D eigenvalue weighted by Crippen LogP contribution is -2.27.